The lowest BCUT2D eigenvalue weighted by Crippen LogP contribution is -2.35. The molecule has 0 fully saturated rings. The first-order valence-electron chi connectivity index (χ1n) is 6.24. The van der Waals surface area contributed by atoms with Gasteiger partial charge < -0.3 is 5.32 Å². The Morgan fingerprint density at radius 3 is 2.72 bits per heavy atom. The van der Waals surface area contributed by atoms with Crippen LogP contribution in [0.5, 0.6) is 0 Å². The minimum atomic E-state index is -3.35. The maximum atomic E-state index is 12.0. The lowest BCUT2D eigenvalue weighted by atomic mass is 10.4. The molecule has 0 saturated heterocycles. The number of aromatic nitrogens is 2. The fourth-order valence-corrected chi connectivity index (χ4v) is 2.42. The molecule has 0 spiro atoms. The van der Waals surface area contributed by atoms with E-state index in [1.807, 2.05) is 13.8 Å². The van der Waals surface area contributed by atoms with Crippen molar-refractivity contribution in [2.75, 3.05) is 17.8 Å². The fourth-order valence-electron chi connectivity index (χ4n) is 1.45. The third kappa shape index (κ3) is 4.30. The zero-order valence-electron chi connectivity index (χ0n) is 11.2. The molecular formula is C11H22N4O2S. The number of nitrogens with zero attached hydrogens (tertiary/aromatic N) is 2. The van der Waals surface area contributed by atoms with Crippen LogP contribution < -0.4 is 10.0 Å². The highest BCUT2D eigenvalue weighted by Crippen LogP contribution is 2.10. The Morgan fingerprint density at radius 2 is 2.17 bits per heavy atom. The SMILES string of the molecule is CCCNCC(C)S(=O)(=O)Nc1cnn(CC)c1. The highest BCUT2D eigenvalue weighted by atomic mass is 32.2. The first kappa shape index (κ1) is 15.0. The van der Waals surface area contributed by atoms with Crippen LogP contribution in [-0.2, 0) is 16.6 Å². The van der Waals surface area contributed by atoms with Crippen molar-refractivity contribution in [3.05, 3.63) is 12.4 Å². The Kier molecular flexibility index (Phi) is 5.61. The predicted octanol–water partition coefficient (Wildman–Crippen LogP) is 1.03. The molecule has 0 aliphatic carbocycles. The van der Waals surface area contributed by atoms with Crippen molar-refractivity contribution in [1.82, 2.24) is 15.1 Å². The number of aryl methyl sites for hydroxylation is 1. The van der Waals surface area contributed by atoms with E-state index < -0.39 is 15.3 Å². The average Bonchev–Trinajstić information content (AvgIpc) is 2.76. The zero-order valence-corrected chi connectivity index (χ0v) is 12.0. The Morgan fingerprint density at radius 1 is 1.44 bits per heavy atom. The molecule has 0 bridgehead atoms. The molecule has 2 N–H and O–H groups in total. The quantitative estimate of drug-likeness (QED) is 0.694. The highest BCUT2D eigenvalue weighted by molar-refractivity contribution is 7.93. The molecule has 0 amide bonds. The van der Waals surface area contributed by atoms with Gasteiger partial charge >= 0.3 is 0 Å². The van der Waals surface area contributed by atoms with Crippen molar-refractivity contribution in [2.45, 2.75) is 39.0 Å². The molecule has 1 aromatic heterocycles. The van der Waals surface area contributed by atoms with Crippen LogP contribution in [0.15, 0.2) is 12.4 Å². The van der Waals surface area contributed by atoms with Crippen LogP contribution in [0.1, 0.15) is 27.2 Å². The first-order chi connectivity index (χ1) is 8.49. The smallest absolute Gasteiger partial charge is 0.236 e. The van der Waals surface area contributed by atoms with E-state index in [1.54, 1.807) is 17.8 Å². The van der Waals surface area contributed by atoms with Gasteiger partial charge in [-0.25, -0.2) is 8.42 Å². The molecular weight excluding hydrogens is 252 g/mol. The molecule has 7 heteroatoms. The molecule has 1 heterocycles. The summed E-state index contributed by atoms with van der Waals surface area (Å²) in [7, 11) is -3.35. The lowest BCUT2D eigenvalue weighted by Gasteiger charge is -2.14. The topological polar surface area (TPSA) is 76.0 Å². The van der Waals surface area contributed by atoms with Crippen LogP contribution in [0.3, 0.4) is 0 Å². The van der Waals surface area contributed by atoms with Crippen molar-refractivity contribution >= 4 is 15.7 Å². The van der Waals surface area contributed by atoms with Gasteiger partial charge in [0, 0.05) is 19.3 Å². The van der Waals surface area contributed by atoms with E-state index in [9.17, 15) is 8.42 Å². The van der Waals surface area contributed by atoms with E-state index in [0.29, 0.717) is 12.2 Å². The molecule has 0 radical (unpaired) electrons. The Balaban J connectivity index is 2.57. The maximum Gasteiger partial charge on any atom is 0.236 e. The molecule has 0 saturated carbocycles. The Hall–Kier alpha value is -1.08. The van der Waals surface area contributed by atoms with Gasteiger partial charge in [-0.1, -0.05) is 6.92 Å². The van der Waals surface area contributed by atoms with Gasteiger partial charge in [0.2, 0.25) is 10.0 Å². The molecule has 18 heavy (non-hydrogen) atoms. The molecule has 0 aromatic carbocycles. The van der Waals surface area contributed by atoms with E-state index in [4.69, 9.17) is 0 Å². The second-order valence-electron chi connectivity index (χ2n) is 4.25. The number of rotatable bonds is 8. The Bertz CT molecular complexity index is 455. The minimum absolute atomic E-state index is 0.449. The third-order valence-corrected chi connectivity index (χ3v) is 4.35. The number of hydrogen-bond donors (Lipinski definition) is 2. The van der Waals surface area contributed by atoms with Gasteiger partial charge in [-0.2, -0.15) is 5.10 Å². The zero-order chi connectivity index (χ0) is 13.6. The largest absolute Gasteiger partial charge is 0.315 e. The normalized spacial score (nSPS) is 13.5. The van der Waals surface area contributed by atoms with E-state index in [1.165, 1.54) is 6.20 Å². The molecule has 1 rings (SSSR count). The van der Waals surface area contributed by atoms with Crippen molar-refractivity contribution in [3.8, 4) is 0 Å². The van der Waals surface area contributed by atoms with Crippen LogP contribution in [0.4, 0.5) is 5.69 Å². The fraction of sp³-hybridized carbons (Fsp3) is 0.727. The van der Waals surface area contributed by atoms with E-state index in [-0.39, 0.29) is 0 Å². The van der Waals surface area contributed by atoms with Crippen LogP contribution in [-0.4, -0.2) is 36.5 Å². The summed E-state index contributed by atoms with van der Waals surface area (Å²) < 4.78 is 28.2. The third-order valence-electron chi connectivity index (χ3n) is 2.61. The number of sulfonamides is 1. The molecule has 1 atom stereocenters. The summed E-state index contributed by atoms with van der Waals surface area (Å²) in [6, 6.07) is 0. The molecule has 1 unspecified atom stereocenters. The van der Waals surface area contributed by atoms with Crippen LogP contribution >= 0.6 is 0 Å². The number of anilines is 1. The van der Waals surface area contributed by atoms with E-state index in [0.717, 1.165) is 19.5 Å². The molecule has 0 aliphatic heterocycles. The summed E-state index contributed by atoms with van der Waals surface area (Å²) in [6.45, 7) is 7.68. The lowest BCUT2D eigenvalue weighted by molar-refractivity contribution is 0.576. The van der Waals surface area contributed by atoms with Crippen molar-refractivity contribution in [3.63, 3.8) is 0 Å². The van der Waals surface area contributed by atoms with E-state index >= 15 is 0 Å². The standard InChI is InChI=1S/C11H22N4O2S/c1-4-6-12-7-10(3)18(16,17)14-11-8-13-15(5-2)9-11/h8-10,12,14H,4-7H2,1-3H3. The van der Waals surface area contributed by atoms with E-state index in [2.05, 4.69) is 15.1 Å². The van der Waals surface area contributed by atoms with Gasteiger partial charge in [-0.05, 0) is 26.8 Å². The summed E-state index contributed by atoms with van der Waals surface area (Å²) in [5, 5.41) is 6.65. The predicted molar refractivity (Wildman–Crippen MR) is 73.1 cm³/mol. The summed E-state index contributed by atoms with van der Waals surface area (Å²) in [5.74, 6) is 0. The summed E-state index contributed by atoms with van der Waals surface area (Å²) in [5.41, 5.74) is 0.513. The highest BCUT2D eigenvalue weighted by Gasteiger charge is 2.20. The summed E-state index contributed by atoms with van der Waals surface area (Å²) in [4.78, 5) is 0. The average molecular weight is 274 g/mol. The van der Waals surface area contributed by atoms with Crippen molar-refractivity contribution in [1.29, 1.82) is 0 Å². The minimum Gasteiger partial charge on any atom is -0.315 e. The monoisotopic (exact) mass is 274 g/mol. The molecule has 6 nitrogen and oxygen atoms in total. The maximum absolute atomic E-state index is 12.0. The van der Waals surface area contributed by atoms with Crippen LogP contribution in [0, 0.1) is 0 Å². The van der Waals surface area contributed by atoms with Gasteiger partial charge in [0.1, 0.15) is 0 Å². The van der Waals surface area contributed by atoms with Crippen molar-refractivity contribution in [2.24, 2.45) is 0 Å². The summed E-state index contributed by atoms with van der Waals surface area (Å²) in [6.07, 6.45) is 4.19. The second kappa shape index (κ2) is 6.75. The first-order valence-corrected chi connectivity index (χ1v) is 7.79. The van der Waals surface area contributed by atoms with Gasteiger partial charge in [0.05, 0.1) is 17.1 Å². The number of nitrogens with one attached hydrogen (secondary N) is 2. The molecule has 1 aromatic rings. The second-order valence-corrected chi connectivity index (χ2v) is 6.35. The van der Waals surface area contributed by atoms with Gasteiger partial charge in [0.25, 0.3) is 0 Å². The van der Waals surface area contributed by atoms with Gasteiger partial charge in [0.15, 0.2) is 0 Å². The number of hydrogen-bond acceptors (Lipinski definition) is 4. The van der Waals surface area contributed by atoms with Crippen molar-refractivity contribution < 1.29 is 8.42 Å². The Labute approximate surface area is 109 Å². The van der Waals surface area contributed by atoms with Gasteiger partial charge in [-0.15, -0.1) is 0 Å². The summed E-state index contributed by atoms with van der Waals surface area (Å²) >= 11 is 0. The molecule has 0 aliphatic rings. The molecule has 104 valence electrons. The van der Waals surface area contributed by atoms with Gasteiger partial charge in [-0.3, -0.25) is 9.40 Å². The van der Waals surface area contributed by atoms with Crippen LogP contribution in [0.25, 0.3) is 0 Å². The van der Waals surface area contributed by atoms with Crippen LogP contribution in [0.2, 0.25) is 0 Å².